The molecule has 0 unspecified atom stereocenters. The SMILES string of the molecule is Cc1cc(Nc2cc(C)[nH]n2)nc(-c2ccc(C(=O)N[C@@H](C)c3ccc(-n4cc(F)cn4)nc3)o2)n1. The Bertz CT molecular complexity index is 1520. The van der Waals surface area contributed by atoms with Gasteiger partial charge in [0, 0.05) is 29.7 Å². The van der Waals surface area contributed by atoms with E-state index < -0.39 is 11.7 Å². The Hall–Kier alpha value is -4.87. The summed E-state index contributed by atoms with van der Waals surface area (Å²) in [6.07, 6.45) is 3.94. The van der Waals surface area contributed by atoms with Gasteiger partial charge in [0.2, 0.25) is 0 Å². The number of aryl methyl sites for hydroxylation is 2. The molecule has 5 rings (SSSR count). The number of aromatic nitrogens is 7. The normalized spacial score (nSPS) is 11.9. The second-order valence-corrected chi connectivity index (χ2v) is 8.19. The van der Waals surface area contributed by atoms with Crippen LogP contribution in [0, 0.1) is 19.7 Å². The van der Waals surface area contributed by atoms with Gasteiger partial charge in [-0.1, -0.05) is 6.07 Å². The van der Waals surface area contributed by atoms with Crippen molar-refractivity contribution >= 4 is 17.5 Å². The molecule has 1 atom stereocenters. The molecule has 0 saturated carbocycles. The smallest absolute Gasteiger partial charge is 0.287 e. The lowest BCUT2D eigenvalue weighted by Gasteiger charge is -2.13. The van der Waals surface area contributed by atoms with Crippen LogP contribution in [0.1, 0.15) is 40.5 Å². The molecule has 0 radical (unpaired) electrons. The molecule has 3 N–H and O–H groups in total. The van der Waals surface area contributed by atoms with Gasteiger partial charge in [0.15, 0.2) is 34.8 Å². The molecule has 182 valence electrons. The van der Waals surface area contributed by atoms with Crippen molar-refractivity contribution in [3.63, 3.8) is 0 Å². The molecular weight excluding hydrogens is 465 g/mol. The van der Waals surface area contributed by atoms with E-state index in [9.17, 15) is 9.18 Å². The Labute approximate surface area is 204 Å². The van der Waals surface area contributed by atoms with Gasteiger partial charge in [-0.2, -0.15) is 10.2 Å². The molecule has 36 heavy (non-hydrogen) atoms. The number of H-pyrrole nitrogens is 1. The zero-order chi connectivity index (χ0) is 25.2. The lowest BCUT2D eigenvalue weighted by molar-refractivity contribution is 0.0912. The number of hydrogen-bond acceptors (Lipinski definition) is 8. The molecular formula is C24H22FN9O2. The number of hydrogen-bond donors (Lipinski definition) is 3. The van der Waals surface area contributed by atoms with Crippen molar-refractivity contribution in [2.45, 2.75) is 26.8 Å². The molecule has 12 heteroatoms. The van der Waals surface area contributed by atoms with Crippen molar-refractivity contribution < 1.29 is 13.6 Å². The fourth-order valence-corrected chi connectivity index (χ4v) is 3.50. The van der Waals surface area contributed by atoms with Crippen LogP contribution >= 0.6 is 0 Å². The van der Waals surface area contributed by atoms with Gasteiger partial charge >= 0.3 is 0 Å². The van der Waals surface area contributed by atoms with E-state index in [2.05, 4.69) is 40.9 Å². The van der Waals surface area contributed by atoms with Crippen molar-refractivity contribution in [2.24, 2.45) is 0 Å². The van der Waals surface area contributed by atoms with E-state index in [1.165, 1.54) is 10.9 Å². The minimum absolute atomic E-state index is 0.121. The third-order valence-corrected chi connectivity index (χ3v) is 5.27. The molecule has 0 bridgehead atoms. The van der Waals surface area contributed by atoms with Gasteiger partial charge in [0.05, 0.1) is 18.4 Å². The van der Waals surface area contributed by atoms with Crippen molar-refractivity contribution in [3.8, 4) is 17.4 Å². The first-order valence-corrected chi connectivity index (χ1v) is 11.1. The van der Waals surface area contributed by atoms with Gasteiger partial charge in [-0.25, -0.2) is 24.0 Å². The van der Waals surface area contributed by atoms with E-state index in [0.29, 0.717) is 29.0 Å². The number of aromatic amines is 1. The maximum absolute atomic E-state index is 13.2. The predicted octanol–water partition coefficient (Wildman–Crippen LogP) is 4.03. The zero-order valence-electron chi connectivity index (χ0n) is 19.7. The fourth-order valence-electron chi connectivity index (χ4n) is 3.50. The standard InChI is InChI=1S/C24H22FN9O2/c1-13-8-20(30-21-9-14(2)32-33-21)31-23(28-13)18-5-6-19(36-18)24(35)29-15(3)16-4-7-22(26-10-16)34-12-17(25)11-27-34/h4-12,15H,1-3H3,(H,29,35)(H2,28,30,31,32,33)/t15-/m0/s1. The number of furan rings is 1. The summed E-state index contributed by atoms with van der Waals surface area (Å²) in [7, 11) is 0. The molecule has 0 fully saturated rings. The highest BCUT2D eigenvalue weighted by molar-refractivity contribution is 5.92. The molecule has 0 aliphatic carbocycles. The summed E-state index contributed by atoms with van der Waals surface area (Å²) in [5.74, 6) is 1.61. The number of carbonyl (C=O) groups is 1. The fraction of sp³-hybridized carbons (Fsp3) is 0.167. The lowest BCUT2D eigenvalue weighted by Crippen LogP contribution is -2.26. The van der Waals surface area contributed by atoms with Crippen molar-refractivity contribution in [3.05, 3.63) is 83.5 Å². The average Bonchev–Trinajstić information content (AvgIpc) is 3.60. The molecule has 5 aromatic heterocycles. The van der Waals surface area contributed by atoms with Crippen molar-refractivity contribution in [1.82, 2.24) is 40.2 Å². The maximum Gasteiger partial charge on any atom is 0.287 e. The quantitative estimate of drug-likeness (QED) is 0.313. The van der Waals surface area contributed by atoms with Crippen LogP contribution in [0.3, 0.4) is 0 Å². The van der Waals surface area contributed by atoms with Gasteiger partial charge in [-0.3, -0.25) is 9.89 Å². The number of nitrogens with one attached hydrogen (secondary N) is 3. The van der Waals surface area contributed by atoms with Gasteiger partial charge in [0.25, 0.3) is 5.91 Å². The van der Waals surface area contributed by atoms with Gasteiger partial charge in [-0.05, 0) is 44.5 Å². The summed E-state index contributed by atoms with van der Waals surface area (Å²) in [5.41, 5.74) is 2.40. The molecule has 5 heterocycles. The highest BCUT2D eigenvalue weighted by atomic mass is 19.1. The first-order valence-electron chi connectivity index (χ1n) is 11.1. The number of rotatable bonds is 7. The Morgan fingerprint density at radius 1 is 1.11 bits per heavy atom. The Morgan fingerprint density at radius 3 is 2.67 bits per heavy atom. The maximum atomic E-state index is 13.2. The summed E-state index contributed by atoms with van der Waals surface area (Å²) < 4.78 is 20.3. The van der Waals surface area contributed by atoms with E-state index in [1.807, 2.05) is 26.8 Å². The topological polar surface area (TPSA) is 139 Å². The Balaban J connectivity index is 1.27. The van der Waals surface area contributed by atoms with Crippen LogP contribution < -0.4 is 10.6 Å². The third kappa shape index (κ3) is 4.97. The van der Waals surface area contributed by atoms with Crippen molar-refractivity contribution in [2.75, 3.05) is 5.32 Å². The van der Waals surface area contributed by atoms with Crippen LogP contribution in [0.25, 0.3) is 17.4 Å². The van der Waals surface area contributed by atoms with Crippen LogP contribution in [-0.4, -0.2) is 40.8 Å². The Morgan fingerprint density at radius 2 is 1.97 bits per heavy atom. The average molecular weight is 487 g/mol. The lowest BCUT2D eigenvalue weighted by atomic mass is 10.1. The minimum atomic E-state index is -0.448. The van der Waals surface area contributed by atoms with E-state index >= 15 is 0 Å². The molecule has 1 amide bonds. The number of pyridine rings is 1. The van der Waals surface area contributed by atoms with Crippen LogP contribution in [0.15, 0.2) is 59.4 Å². The summed E-state index contributed by atoms with van der Waals surface area (Å²) in [6.45, 7) is 5.57. The molecule has 0 aliphatic rings. The number of amides is 1. The summed E-state index contributed by atoms with van der Waals surface area (Å²) in [5, 5.41) is 16.9. The monoisotopic (exact) mass is 487 g/mol. The van der Waals surface area contributed by atoms with E-state index in [4.69, 9.17) is 4.42 Å². The molecule has 11 nitrogen and oxygen atoms in total. The van der Waals surface area contributed by atoms with Crippen LogP contribution in [0.5, 0.6) is 0 Å². The number of halogens is 1. The molecule has 0 spiro atoms. The van der Waals surface area contributed by atoms with Crippen LogP contribution in [-0.2, 0) is 0 Å². The number of nitrogens with zero attached hydrogens (tertiary/aromatic N) is 6. The van der Waals surface area contributed by atoms with E-state index in [-0.39, 0.29) is 11.8 Å². The third-order valence-electron chi connectivity index (χ3n) is 5.27. The largest absolute Gasteiger partial charge is 0.448 e. The first-order chi connectivity index (χ1) is 17.3. The van der Waals surface area contributed by atoms with Crippen molar-refractivity contribution in [1.29, 1.82) is 0 Å². The van der Waals surface area contributed by atoms with Gasteiger partial charge < -0.3 is 15.1 Å². The predicted molar refractivity (Wildman–Crippen MR) is 128 cm³/mol. The van der Waals surface area contributed by atoms with E-state index in [1.54, 1.807) is 36.5 Å². The highest BCUT2D eigenvalue weighted by Gasteiger charge is 2.18. The molecule has 0 saturated heterocycles. The Kier molecular flexibility index (Phi) is 5.98. The first kappa shape index (κ1) is 22.9. The summed E-state index contributed by atoms with van der Waals surface area (Å²) in [6, 6.07) is 9.99. The second kappa shape index (κ2) is 9.41. The molecule has 0 aromatic carbocycles. The highest BCUT2D eigenvalue weighted by Crippen LogP contribution is 2.23. The van der Waals surface area contributed by atoms with E-state index in [0.717, 1.165) is 23.1 Å². The van der Waals surface area contributed by atoms with Gasteiger partial charge in [0.1, 0.15) is 5.82 Å². The molecule has 5 aromatic rings. The summed E-state index contributed by atoms with van der Waals surface area (Å²) >= 11 is 0. The summed E-state index contributed by atoms with van der Waals surface area (Å²) in [4.78, 5) is 26.0. The van der Waals surface area contributed by atoms with Crippen LogP contribution in [0.4, 0.5) is 16.0 Å². The minimum Gasteiger partial charge on any atom is -0.448 e. The van der Waals surface area contributed by atoms with Crippen LogP contribution in [0.2, 0.25) is 0 Å². The molecule has 0 aliphatic heterocycles. The number of carbonyl (C=O) groups excluding carboxylic acids is 1. The van der Waals surface area contributed by atoms with Gasteiger partial charge in [-0.15, -0.1) is 0 Å². The second-order valence-electron chi connectivity index (χ2n) is 8.19. The zero-order valence-corrected chi connectivity index (χ0v) is 19.7. The number of anilines is 2.